The number of hydrogen-bond donors (Lipinski definition) is 10. The highest BCUT2D eigenvalue weighted by molar-refractivity contribution is 8.76. The predicted molar refractivity (Wildman–Crippen MR) is 269 cm³/mol. The average molecular weight is 1080 g/mol. The highest BCUT2D eigenvalue weighted by Crippen LogP contribution is 2.32. The third-order valence-corrected chi connectivity index (χ3v) is 15.9. The molecule has 0 spiro atoms. The Hall–Kier alpha value is -6.72. The van der Waals surface area contributed by atoms with Crippen LogP contribution in [0, 0.1) is 0 Å². The molecule has 0 aliphatic heterocycles. The van der Waals surface area contributed by atoms with Crippen LogP contribution in [-0.2, 0) is 58.4 Å². The summed E-state index contributed by atoms with van der Waals surface area (Å²) in [6.45, 7) is -1.72. The van der Waals surface area contributed by atoms with E-state index in [0.717, 1.165) is 21.6 Å². The number of carboxylic acids is 4. The largest absolute Gasteiger partial charge is 0.480 e. The summed E-state index contributed by atoms with van der Waals surface area (Å²) in [4.78, 5) is 103. The van der Waals surface area contributed by atoms with Crippen LogP contribution >= 0.6 is 21.6 Å². The third kappa shape index (κ3) is 16.4. The Morgan fingerprint density at radius 1 is 0.500 bits per heavy atom. The fraction of sp³-hybridized carbons (Fsp3) is 0.364. The van der Waals surface area contributed by atoms with Crippen LogP contribution in [-0.4, -0.2) is 162 Å². The summed E-state index contributed by atoms with van der Waals surface area (Å²) in [5, 5.41) is 48.8. The maximum Gasteiger partial charge on any atom is 0.322 e. The Labute approximate surface area is 421 Å². The molecular weight excluding hydrogens is 1020 g/mol. The third-order valence-electron chi connectivity index (χ3n) is 10.5. The summed E-state index contributed by atoms with van der Waals surface area (Å²) in [7, 11) is -0.265. The smallest absolute Gasteiger partial charge is 0.322 e. The molecule has 0 aliphatic rings. The second-order valence-electron chi connectivity index (χ2n) is 16.2. The number of nitrogens with one attached hydrogen (secondary N) is 6. The molecule has 10 N–H and O–H groups in total. The van der Waals surface area contributed by atoms with Crippen molar-refractivity contribution in [3.05, 3.63) is 72.8 Å². The standard InChI is InChI=1S/C44H54N8O16S4/c1-51(2)33-13-5-11-27-25(33)9-7-15-35(27)71(65,66)49-29(43(61)62)17-19-37(53)47-31(41(59)45-21-39(55)56)23-69-70-24-32(42(60)46-22-40(57)58)48-38(54)20-18-30(44(63)64)50-72(67,68)36-16-8-10-26-28(36)12-6-14-34(26)52(3)4/h5-16,29-32,49-50H,17-24H2,1-4H3,(H,45,59)(H,46,60)(H,47,53)(H,48,54)(H,55,56)(H,57,58)(H,61,62)(H,63,64)/t29-,30-,31-,32-/m0/s1. The van der Waals surface area contributed by atoms with E-state index in [9.17, 15) is 65.4 Å². The lowest BCUT2D eigenvalue weighted by atomic mass is 10.1. The van der Waals surface area contributed by atoms with Crippen molar-refractivity contribution in [2.24, 2.45) is 0 Å². The van der Waals surface area contributed by atoms with Crippen LogP contribution in [0.2, 0.25) is 0 Å². The van der Waals surface area contributed by atoms with Crippen LogP contribution in [0.4, 0.5) is 11.4 Å². The van der Waals surface area contributed by atoms with Gasteiger partial charge in [-0.2, -0.15) is 9.44 Å². The highest BCUT2D eigenvalue weighted by Gasteiger charge is 2.31. The lowest BCUT2D eigenvalue weighted by Gasteiger charge is -2.21. The molecule has 24 nitrogen and oxygen atoms in total. The predicted octanol–water partition coefficient (Wildman–Crippen LogP) is 0.601. The van der Waals surface area contributed by atoms with Gasteiger partial charge in [0.25, 0.3) is 0 Å². The second-order valence-corrected chi connectivity index (χ2v) is 22.1. The molecule has 0 aromatic heterocycles. The van der Waals surface area contributed by atoms with Gasteiger partial charge in [-0.15, -0.1) is 0 Å². The fourth-order valence-corrected chi connectivity index (χ4v) is 12.2. The van der Waals surface area contributed by atoms with Crippen molar-refractivity contribution in [3.8, 4) is 0 Å². The van der Waals surface area contributed by atoms with E-state index >= 15 is 0 Å². The number of sulfonamides is 2. The molecule has 390 valence electrons. The minimum Gasteiger partial charge on any atom is -0.480 e. The first-order valence-corrected chi connectivity index (χ1v) is 27.0. The number of amides is 4. The number of rotatable bonds is 29. The quantitative estimate of drug-likeness (QED) is 0.0263. The lowest BCUT2D eigenvalue weighted by Crippen LogP contribution is -2.50. The molecule has 0 fully saturated rings. The van der Waals surface area contributed by atoms with Crippen molar-refractivity contribution >= 4 is 122 Å². The molecule has 4 aromatic carbocycles. The molecule has 4 rings (SSSR count). The van der Waals surface area contributed by atoms with Crippen molar-refractivity contribution in [1.29, 1.82) is 0 Å². The van der Waals surface area contributed by atoms with Crippen LogP contribution in [0.3, 0.4) is 0 Å². The second kappa shape index (κ2) is 26.1. The maximum atomic E-state index is 13.6. The summed E-state index contributed by atoms with van der Waals surface area (Å²) in [6, 6.07) is 12.3. The van der Waals surface area contributed by atoms with Gasteiger partial charge in [-0.3, -0.25) is 38.4 Å². The van der Waals surface area contributed by atoms with Crippen LogP contribution in [0.1, 0.15) is 25.7 Å². The summed E-state index contributed by atoms with van der Waals surface area (Å²) < 4.78 is 58.5. The van der Waals surface area contributed by atoms with Gasteiger partial charge in [0.2, 0.25) is 43.7 Å². The first-order chi connectivity index (χ1) is 33.8. The van der Waals surface area contributed by atoms with E-state index in [-0.39, 0.29) is 21.3 Å². The number of carboxylic acid groups (broad SMARTS) is 4. The summed E-state index contributed by atoms with van der Waals surface area (Å²) in [5.41, 5.74) is 1.40. The Morgan fingerprint density at radius 3 is 1.15 bits per heavy atom. The van der Waals surface area contributed by atoms with E-state index < -0.39 is 130 Å². The number of nitrogens with zero attached hydrogens (tertiary/aromatic N) is 2. The number of anilines is 2. The minimum atomic E-state index is -4.49. The minimum absolute atomic E-state index is 0.213. The summed E-state index contributed by atoms with van der Waals surface area (Å²) in [5.74, 6) is -10.6. The topological polar surface area (TPSA) is 364 Å². The van der Waals surface area contributed by atoms with E-state index in [2.05, 4.69) is 30.7 Å². The van der Waals surface area contributed by atoms with Crippen molar-refractivity contribution in [3.63, 3.8) is 0 Å². The molecule has 0 radical (unpaired) electrons. The van der Waals surface area contributed by atoms with Gasteiger partial charge in [-0.25, -0.2) is 16.8 Å². The van der Waals surface area contributed by atoms with Gasteiger partial charge in [0, 0.05) is 85.5 Å². The van der Waals surface area contributed by atoms with Crippen LogP contribution in [0.25, 0.3) is 21.5 Å². The highest BCUT2D eigenvalue weighted by atomic mass is 33.1. The monoisotopic (exact) mass is 1080 g/mol. The Balaban J connectivity index is 1.41. The fourth-order valence-electron chi connectivity index (χ4n) is 7.00. The molecule has 4 amide bonds. The molecule has 0 bridgehead atoms. The van der Waals surface area contributed by atoms with Gasteiger partial charge in [-0.05, 0) is 37.1 Å². The normalized spacial score (nSPS) is 13.2. The molecule has 72 heavy (non-hydrogen) atoms. The Bertz CT molecular complexity index is 2730. The van der Waals surface area contributed by atoms with E-state index in [1.807, 2.05) is 0 Å². The number of aliphatic carboxylic acids is 4. The summed E-state index contributed by atoms with van der Waals surface area (Å²) in [6.07, 6.45) is -2.45. The van der Waals surface area contributed by atoms with Crippen LogP contribution < -0.4 is 40.5 Å². The Morgan fingerprint density at radius 2 is 0.833 bits per heavy atom. The van der Waals surface area contributed by atoms with Crippen molar-refractivity contribution < 1.29 is 75.6 Å². The number of carbonyl (C=O) groups excluding carboxylic acids is 4. The molecule has 0 saturated carbocycles. The molecule has 0 aliphatic carbocycles. The first kappa shape index (κ1) is 57.9. The molecule has 4 atom stereocenters. The molecule has 0 heterocycles. The number of fused-ring (bicyclic) bond motifs is 2. The zero-order valence-corrected chi connectivity index (χ0v) is 42.4. The molecular formula is C44H54N8O16S4. The van der Waals surface area contributed by atoms with Gasteiger partial charge < -0.3 is 51.5 Å². The lowest BCUT2D eigenvalue weighted by molar-refractivity contribution is -0.140. The van der Waals surface area contributed by atoms with E-state index in [4.69, 9.17) is 10.2 Å². The molecule has 0 unspecified atom stereocenters. The van der Waals surface area contributed by atoms with E-state index in [1.54, 1.807) is 86.5 Å². The number of carbonyl (C=O) groups is 8. The van der Waals surface area contributed by atoms with E-state index in [1.165, 1.54) is 24.3 Å². The molecule has 4 aromatic rings. The van der Waals surface area contributed by atoms with Gasteiger partial charge in [0.15, 0.2) is 0 Å². The maximum absolute atomic E-state index is 13.6. The van der Waals surface area contributed by atoms with E-state index in [0.29, 0.717) is 32.9 Å². The van der Waals surface area contributed by atoms with Crippen molar-refractivity contribution in [2.45, 2.75) is 59.6 Å². The molecule has 28 heteroatoms. The van der Waals surface area contributed by atoms with Crippen molar-refractivity contribution in [2.75, 3.05) is 62.6 Å². The van der Waals surface area contributed by atoms with Gasteiger partial charge in [0.1, 0.15) is 37.3 Å². The van der Waals surface area contributed by atoms with Crippen LogP contribution in [0.15, 0.2) is 82.6 Å². The zero-order valence-electron chi connectivity index (χ0n) is 39.1. The van der Waals surface area contributed by atoms with Gasteiger partial charge >= 0.3 is 23.9 Å². The summed E-state index contributed by atoms with van der Waals surface area (Å²) >= 11 is 0. The average Bonchev–Trinajstić information content (AvgIpc) is 3.31. The first-order valence-electron chi connectivity index (χ1n) is 21.5. The van der Waals surface area contributed by atoms with Crippen molar-refractivity contribution in [1.82, 2.24) is 30.7 Å². The van der Waals surface area contributed by atoms with Gasteiger partial charge in [-0.1, -0.05) is 70.1 Å². The van der Waals surface area contributed by atoms with Gasteiger partial charge in [0.05, 0.1) is 9.79 Å². The Kier molecular flexibility index (Phi) is 21.0. The number of benzene rings is 4. The number of hydrogen-bond acceptors (Lipinski definition) is 16. The zero-order chi connectivity index (χ0) is 53.5. The SMILES string of the molecule is CN(C)c1cccc2c(S(=O)(=O)N[C@@H](CCC(=O)N[C@@H](CSSC[C@H](NC(=O)CC[C@H](NS(=O)(=O)c3cccc4c(N(C)C)cccc34)C(=O)O)C(=O)NCC(=O)O)C(=O)NCC(=O)O)C(=O)O)cccc12. The van der Waals surface area contributed by atoms with Crippen LogP contribution in [0.5, 0.6) is 0 Å². The molecule has 0 saturated heterocycles.